The van der Waals surface area contributed by atoms with Gasteiger partial charge in [0, 0.05) is 33.5 Å². The minimum Gasteiger partial charge on any atom is -0.497 e. The number of carbonyl (C=O) groups is 3. The lowest BCUT2D eigenvalue weighted by atomic mass is 9.84. The summed E-state index contributed by atoms with van der Waals surface area (Å²) in [5, 5.41) is 2.92. The molecule has 39 heavy (non-hydrogen) atoms. The van der Waals surface area contributed by atoms with Gasteiger partial charge in [-0.05, 0) is 61.4 Å². The van der Waals surface area contributed by atoms with Gasteiger partial charge in [-0.2, -0.15) is 0 Å². The molecule has 8 nitrogen and oxygen atoms in total. The Morgan fingerprint density at radius 2 is 1.38 bits per heavy atom. The van der Waals surface area contributed by atoms with E-state index in [1.165, 1.54) is 14.2 Å². The molecule has 0 heterocycles. The number of ketones is 2. The van der Waals surface area contributed by atoms with Gasteiger partial charge in [-0.3, -0.25) is 14.4 Å². The summed E-state index contributed by atoms with van der Waals surface area (Å²) in [5.74, 6) is -0.459. The molecule has 0 saturated carbocycles. The molecule has 0 atom stereocenters. The number of anilines is 1. The van der Waals surface area contributed by atoms with Crippen molar-refractivity contribution >= 4 is 28.7 Å². The van der Waals surface area contributed by atoms with Crippen LogP contribution in [-0.4, -0.2) is 45.9 Å². The minimum atomic E-state index is -0.502. The minimum absolute atomic E-state index is 0.144. The number of nitrogens with one attached hydrogen (secondary N) is 1. The number of carbonyl (C=O) groups excluding carboxylic acids is 3. The molecule has 3 aromatic carbocycles. The lowest BCUT2D eigenvalue weighted by Crippen LogP contribution is -2.24. The Balaban J connectivity index is 1.92. The van der Waals surface area contributed by atoms with E-state index < -0.39 is 17.5 Å². The molecule has 200 valence electrons. The summed E-state index contributed by atoms with van der Waals surface area (Å²) in [6, 6.07) is 17.7. The van der Waals surface area contributed by atoms with Gasteiger partial charge in [0.15, 0.2) is 0 Å². The molecule has 4 rings (SSSR count). The standard InChI is InChI=1S/C31H29NO7/c1-17-15-19(26-18(2)27(33)29(38-5)30(39-6)28(26)34)16-23(25(17)22-9-7-8-10-24(22)37-4)31(35)32-20-11-13-21(36-3)14-12-20/h7-16H,1-6H3,(H,32,35). The monoisotopic (exact) mass is 527 g/mol. The van der Waals surface area contributed by atoms with Crippen LogP contribution in [0.15, 0.2) is 77.8 Å². The van der Waals surface area contributed by atoms with Crippen LogP contribution in [0.1, 0.15) is 28.4 Å². The Morgan fingerprint density at radius 3 is 2.00 bits per heavy atom. The van der Waals surface area contributed by atoms with E-state index in [-0.39, 0.29) is 22.7 Å². The zero-order valence-corrected chi connectivity index (χ0v) is 22.6. The Labute approximate surface area is 226 Å². The third-order valence-corrected chi connectivity index (χ3v) is 6.56. The molecule has 3 aromatic rings. The second kappa shape index (κ2) is 11.3. The van der Waals surface area contributed by atoms with Crippen molar-refractivity contribution in [3.8, 4) is 22.6 Å². The second-order valence-corrected chi connectivity index (χ2v) is 8.82. The van der Waals surface area contributed by atoms with Gasteiger partial charge in [0.2, 0.25) is 23.1 Å². The topological polar surface area (TPSA) is 100 Å². The summed E-state index contributed by atoms with van der Waals surface area (Å²) in [5.41, 5.74) is 3.66. The van der Waals surface area contributed by atoms with E-state index >= 15 is 0 Å². The first-order valence-electron chi connectivity index (χ1n) is 12.1. The van der Waals surface area contributed by atoms with Crippen molar-refractivity contribution in [1.82, 2.24) is 0 Å². The van der Waals surface area contributed by atoms with E-state index in [0.717, 1.165) is 0 Å². The first-order chi connectivity index (χ1) is 18.7. The highest BCUT2D eigenvalue weighted by molar-refractivity contribution is 6.38. The molecule has 0 saturated heterocycles. The zero-order valence-electron chi connectivity index (χ0n) is 22.6. The molecule has 1 aliphatic carbocycles. The summed E-state index contributed by atoms with van der Waals surface area (Å²) in [4.78, 5) is 40.3. The summed E-state index contributed by atoms with van der Waals surface area (Å²) in [6.07, 6.45) is 0. The van der Waals surface area contributed by atoms with Gasteiger partial charge >= 0.3 is 0 Å². The number of amides is 1. The fourth-order valence-corrected chi connectivity index (χ4v) is 4.68. The van der Waals surface area contributed by atoms with E-state index in [4.69, 9.17) is 18.9 Å². The van der Waals surface area contributed by atoms with Crippen LogP contribution < -0.4 is 14.8 Å². The quantitative estimate of drug-likeness (QED) is 0.394. The summed E-state index contributed by atoms with van der Waals surface area (Å²) in [7, 11) is 5.74. The number of Topliss-reactive ketones (excluding diaryl/α,β-unsaturated/α-hetero) is 2. The third kappa shape index (κ3) is 5.01. The summed E-state index contributed by atoms with van der Waals surface area (Å²) >= 11 is 0. The van der Waals surface area contributed by atoms with Gasteiger partial charge in [0.25, 0.3) is 5.91 Å². The van der Waals surface area contributed by atoms with Crippen molar-refractivity contribution in [3.63, 3.8) is 0 Å². The number of allylic oxidation sites excluding steroid dienone is 2. The van der Waals surface area contributed by atoms with Crippen LogP contribution in [0.4, 0.5) is 5.69 Å². The van der Waals surface area contributed by atoms with Crippen molar-refractivity contribution in [2.75, 3.05) is 33.8 Å². The Kier molecular flexibility index (Phi) is 7.85. The van der Waals surface area contributed by atoms with Gasteiger partial charge in [0.05, 0.1) is 28.4 Å². The van der Waals surface area contributed by atoms with E-state index in [9.17, 15) is 14.4 Å². The number of benzene rings is 3. The Bertz CT molecular complexity index is 1530. The van der Waals surface area contributed by atoms with E-state index in [1.54, 1.807) is 57.5 Å². The molecular weight excluding hydrogens is 498 g/mol. The molecule has 1 amide bonds. The van der Waals surface area contributed by atoms with Gasteiger partial charge in [-0.1, -0.05) is 24.3 Å². The maximum Gasteiger partial charge on any atom is 0.256 e. The highest BCUT2D eigenvalue weighted by Gasteiger charge is 2.36. The van der Waals surface area contributed by atoms with Gasteiger partial charge < -0.3 is 24.3 Å². The molecule has 0 radical (unpaired) electrons. The first-order valence-corrected chi connectivity index (χ1v) is 12.1. The van der Waals surface area contributed by atoms with Crippen LogP contribution in [0.2, 0.25) is 0 Å². The van der Waals surface area contributed by atoms with Crippen molar-refractivity contribution in [1.29, 1.82) is 0 Å². The number of rotatable bonds is 8. The molecular formula is C31H29NO7. The van der Waals surface area contributed by atoms with Crippen molar-refractivity contribution in [3.05, 3.63) is 94.4 Å². The highest BCUT2D eigenvalue weighted by atomic mass is 16.5. The fraction of sp³-hybridized carbons (Fsp3) is 0.194. The summed E-state index contributed by atoms with van der Waals surface area (Å²) in [6.45, 7) is 3.40. The average molecular weight is 528 g/mol. The smallest absolute Gasteiger partial charge is 0.256 e. The van der Waals surface area contributed by atoms with Gasteiger partial charge in [0.1, 0.15) is 11.5 Å². The average Bonchev–Trinajstić information content (AvgIpc) is 2.95. The van der Waals surface area contributed by atoms with Crippen LogP contribution >= 0.6 is 0 Å². The van der Waals surface area contributed by atoms with E-state index in [0.29, 0.717) is 45.0 Å². The number of ether oxygens (including phenoxy) is 4. The maximum atomic E-state index is 13.8. The maximum absolute atomic E-state index is 13.8. The van der Waals surface area contributed by atoms with Crippen LogP contribution in [0.25, 0.3) is 16.7 Å². The largest absolute Gasteiger partial charge is 0.497 e. The van der Waals surface area contributed by atoms with Crippen molar-refractivity contribution in [2.24, 2.45) is 0 Å². The van der Waals surface area contributed by atoms with Crippen LogP contribution in [0.3, 0.4) is 0 Å². The molecule has 0 aliphatic heterocycles. The number of aryl methyl sites for hydroxylation is 1. The third-order valence-electron chi connectivity index (χ3n) is 6.56. The Morgan fingerprint density at radius 1 is 0.744 bits per heavy atom. The molecule has 1 N–H and O–H groups in total. The van der Waals surface area contributed by atoms with Crippen LogP contribution in [0, 0.1) is 6.92 Å². The van der Waals surface area contributed by atoms with Crippen LogP contribution in [0.5, 0.6) is 11.5 Å². The number of para-hydroxylation sites is 1. The zero-order chi connectivity index (χ0) is 28.3. The van der Waals surface area contributed by atoms with Crippen molar-refractivity contribution in [2.45, 2.75) is 13.8 Å². The number of hydrogen-bond acceptors (Lipinski definition) is 7. The summed E-state index contributed by atoms with van der Waals surface area (Å²) < 4.78 is 21.2. The van der Waals surface area contributed by atoms with Gasteiger partial charge in [-0.25, -0.2) is 0 Å². The molecule has 0 bridgehead atoms. The molecule has 1 aliphatic rings. The molecule has 0 aromatic heterocycles. The normalized spacial score (nSPS) is 13.4. The number of methoxy groups -OCH3 is 4. The first kappa shape index (κ1) is 27.2. The molecule has 0 unspecified atom stereocenters. The SMILES string of the molecule is COC1=C(OC)C(=O)C(c2cc(C)c(-c3ccccc3OC)c(C(=O)Nc3ccc(OC)cc3)c2)=C(C)C1=O. The van der Waals surface area contributed by atoms with E-state index in [2.05, 4.69) is 5.32 Å². The molecule has 8 heteroatoms. The fourth-order valence-electron chi connectivity index (χ4n) is 4.68. The molecule has 0 fully saturated rings. The Hall–Kier alpha value is -4.85. The predicted octanol–water partition coefficient (Wildman–Crippen LogP) is 5.36. The lowest BCUT2D eigenvalue weighted by Gasteiger charge is -2.22. The number of hydrogen-bond donors (Lipinski definition) is 1. The highest BCUT2D eigenvalue weighted by Crippen LogP contribution is 2.39. The lowest BCUT2D eigenvalue weighted by molar-refractivity contribution is -0.119. The van der Waals surface area contributed by atoms with Crippen LogP contribution in [-0.2, 0) is 19.1 Å². The predicted molar refractivity (Wildman–Crippen MR) is 148 cm³/mol. The second-order valence-electron chi connectivity index (χ2n) is 8.82. The van der Waals surface area contributed by atoms with E-state index in [1.807, 2.05) is 31.2 Å². The molecule has 0 spiro atoms. The van der Waals surface area contributed by atoms with Gasteiger partial charge in [-0.15, -0.1) is 0 Å². The van der Waals surface area contributed by atoms with Crippen molar-refractivity contribution < 1.29 is 33.3 Å².